The fourth-order valence-corrected chi connectivity index (χ4v) is 6.94. The van der Waals surface area contributed by atoms with Gasteiger partial charge in [0.1, 0.15) is 11.9 Å². The van der Waals surface area contributed by atoms with Crippen LogP contribution in [0.2, 0.25) is 0 Å². The predicted octanol–water partition coefficient (Wildman–Crippen LogP) is 3.50. The SMILES string of the molecule is N=C(N)c1ccc(CC(C(=O)NC(C(=O)NCC2CCN(C(=N)N)CC2)C2CCCCC2)C2CCCCC2)cc1. The Labute approximate surface area is 239 Å². The summed E-state index contributed by atoms with van der Waals surface area (Å²) in [6.45, 7) is 2.09. The number of nitrogen functional groups attached to an aromatic ring is 1. The fourth-order valence-electron chi connectivity index (χ4n) is 6.94. The van der Waals surface area contributed by atoms with Crippen molar-refractivity contribution >= 4 is 23.6 Å². The molecular weight excluding hydrogens is 502 g/mol. The molecule has 1 heterocycles. The maximum absolute atomic E-state index is 14.0. The lowest BCUT2D eigenvalue weighted by Crippen LogP contribution is -2.54. The van der Waals surface area contributed by atoms with Crippen molar-refractivity contribution in [2.24, 2.45) is 35.1 Å². The van der Waals surface area contributed by atoms with Crippen LogP contribution in [0.3, 0.4) is 0 Å². The van der Waals surface area contributed by atoms with Gasteiger partial charge in [-0.3, -0.25) is 20.4 Å². The van der Waals surface area contributed by atoms with E-state index in [9.17, 15) is 9.59 Å². The zero-order chi connectivity index (χ0) is 28.5. The molecule has 220 valence electrons. The van der Waals surface area contributed by atoms with E-state index in [1.165, 1.54) is 12.8 Å². The van der Waals surface area contributed by atoms with Crippen molar-refractivity contribution in [2.75, 3.05) is 19.6 Å². The number of carbonyl (C=O) groups excluding carboxylic acids is 2. The van der Waals surface area contributed by atoms with Crippen LogP contribution in [0.4, 0.5) is 0 Å². The Balaban J connectivity index is 1.44. The van der Waals surface area contributed by atoms with E-state index in [1.54, 1.807) is 0 Å². The number of amidine groups is 1. The lowest BCUT2D eigenvalue weighted by atomic mass is 9.76. The van der Waals surface area contributed by atoms with E-state index in [0.717, 1.165) is 82.9 Å². The number of likely N-dealkylation sites (tertiary alicyclic amines) is 1. The largest absolute Gasteiger partial charge is 0.384 e. The van der Waals surface area contributed by atoms with Crippen molar-refractivity contribution in [3.63, 3.8) is 0 Å². The maximum atomic E-state index is 14.0. The van der Waals surface area contributed by atoms with E-state index in [-0.39, 0.29) is 35.4 Å². The topological polar surface area (TPSA) is 161 Å². The molecule has 2 aliphatic carbocycles. The van der Waals surface area contributed by atoms with Crippen LogP contribution in [0.5, 0.6) is 0 Å². The van der Waals surface area contributed by atoms with Gasteiger partial charge < -0.3 is 27.0 Å². The number of amides is 2. The standard InChI is InChI=1S/C31H49N7O2/c32-28(33)25-13-11-21(12-14-25)19-26(23-7-3-1-4-8-23)29(39)37-27(24-9-5-2-6-10-24)30(40)36-20-22-15-17-38(18-16-22)31(34)35/h11-14,22-24,26-27H,1-10,15-20H2,(H3,32,33)(H3,34,35)(H,36,40)(H,37,39). The number of nitrogens with zero attached hydrogens (tertiary/aromatic N) is 1. The summed E-state index contributed by atoms with van der Waals surface area (Å²) in [5.74, 6) is 0.754. The number of hydrogen-bond donors (Lipinski definition) is 6. The zero-order valence-electron chi connectivity index (χ0n) is 23.9. The Morgan fingerprint density at radius 3 is 1.95 bits per heavy atom. The second-order valence-electron chi connectivity index (χ2n) is 12.3. The molecule has 0 aromatic heterocycles. The highest BCUT2D eigenvalue weighted by atomic mass is 16.2. The number of piperidine rings is 1. The second kappa shape index (κ2) is 14.5. The average Bonchev–Trinajstić information content (AvgIpc) is 2.98. The minimum absolute atomic E-state index is 0.00281. The summed E-state index contributed by atoms with van der Waals surface area (Å²) in [6.07, 6.45) is 13.3. The molecule has 0 spiro atoms. The molecule has 1 saturated heterocycles. The van der Waals surface area contributed by atoms with Crippen LogP contribution in [-0.2, 0) is 16.0 Å². The Hall–Kier alpha value is -3.10. The van der Waals surface area contributed by atoms with Crippen LogP contribution < -0.4 is 22.1 Å². The monoisotopic (exact) mass is 551 g/mol. The second-order valence-corrected chi connectivity index (χ2v) is 12.3. The maximum Gasteiger partial charge on any atom is 0.242 e. The summed E-state index contributed by atoms with van der Waals surface area (Å²) in [7, 11) is 0. The average molecular weight is 552 g/mol. The van der Waals surface area contributed by atoms with Gasteiger partial charge in [-0.05, 0) is 68.3 Å². The Morgan fingerprint density at radius 2 is 1.40 bits per heavy atom. The summed E-state index contributed by atoms with van der Waals surface area (Å²) in [5.41, 5.74) is 13.0. The highest BCUT2D eigenvalue weighted by Gasteiger charge is 2.36. The Morgan fingerprint density at radius 1 is 0.825 bits per heavy atom. The molecule has 40 heavy (non-hydrogen) atoms. The Bertz CT molecular complexity index is 1010. The van der Waals surface area contributed by atoms with Gasteiger partial charge in [0.25, 0.3) is 0 Å². The first-order chi connectivity index (χ1) is 19.3. The van der Waals surface area contributed by atoms with Crippen LogP contribution in [0, 0.1) is 34.5 Å². The van der Waals surface area contributed by atoms with E-state index in [4.69, 9.17) is 22.3 Å². The first-order valence-electron chi connectivity index (χ1n) is 15.4. The third-order valence-electron chi connectivity index (χ3n) is 9.50. The third kappa shape index (κ3) is 8.21. The lowest BCUT2D eigenvalue weighted by Gasteiger charge is -2.35. The molecule has 0 bridgehead atoms. The zero-order valence-corrected chi connectivity index (χ0v) is 23.9. The summed E-state index contributed by atoms with van der Waals surface area (Å²) < 4.78 is 0. The Kier molecular flexibility index (Phi) is 10.8. The van der Waals surface area contributed by atoms with Gasteiger partial charge in [-0.15, -0.1) is 0 Å². The molecule has 3 fully saturated rings. The van der Waals surface area contributed by atoms with Crippen molar-refractivity contribution in [3.8, 4) is 0 Å². The number of carbonyl (C=O) groups is 2. The smallest absolute Gasteiger partial charge is 0.242 e. The normalized spacial score (nSPS) is 20.9. The van der Waals surface area contributed by atoms with Gasteiger partial charge in [0.05, 0.1) is 0 Å². The minimum Gasteiger partial charge on any atom is -0.384 e. The molecule has 8 N–H and O–H groups in total. The van der Waals surface area contributed by atoms with Crippen LogP contribution in [0.1, 0.15) is 88.2 Å². The first-order valence-corrected chi connectivity index (χ1v) is 15.4. The number of guanidine groups is 1. The molecule has 9 heteroatoms. The molecule has 1 aliphatic heterocycles. The van der Waals surface area contributed by atoms with E-state index < -0.39 is 6.04 Å². The van der Waals surface area contributed by atoms with Crippen LogP contribution in [-0.4, -0.2) is 54.2 Å². The molecule has 0 radical (unpaired) electrons. The molecule has 4 rings (SSSR count). The molecule has 9 nitrogen and oxygen atoms in total. The molecular formula is C31H49N7O2. The number of nitrogens with two attached hydrogens (primary N) is 2. The quantitative estimate of drug-likeness (QED) is 0.193. The summed E-state index contributed by atoms with van der Waals surface area (Å²) in [4.78, 5) is 29.5. The molecule has 2 unspecified atom stereocenters. The highest BCUT2D eigenvalue weighted by molar-refractivity contribution is 5.95. The van der Waals surface area contributed by atoms with E-state index in [0.29, 0.717) is 30.4 Å². The van der Waals surface area contributed by atoms with Gasteiger partial charge in [-0.25, -0.2) is 0 Å². The molecule has 3 aliphatic rings. The third-order valence-corrected chi connectivity index (χ3v) is 9.50. The minimum atomic E-state index is -0.503. The van der Waals surface area contributed by atoms with Crippen LogP contribution in [0.15, 0.2) is 24.3 Å². The molecule has 2 amide bonds. The molecule has 2 atom stereocenters. The van der Waals surface area contributed by atoms with Crippen molar-refractivity contribution in [1.29, 1.82) is 10.8 Å². The number of rotatable bonds is 10. The lowest BCUT2D eigenvalue weighted by molar-refractivity contribution is -0.134. The van der Waals surface area contributed by atoms with Crippen molar-refractivity contribution in [2.45, 2.75) is 89.5 Å². The van der Waals surface area contributed by atoms with Crippen molar-refractivity contribution < 1.29 is 9.59 Å². The van der Waals surface area contributed by atoms with Crippen LogP contribution in [0.25, 0.3) is 0 Å². The summed E-state index contributed by atoms with van der Waals surface area (Å²) in [6, 6.07) is 7.15. The summed E-state index contributed by atoms with van der Waals surface area (Å²) >= 11 is 0. The van der Waals surface area contributed by atoms with Gasteiger partial charge in [0.15, 0.2) is 5.96 Å². The summed E-state index contributed by atoms with van der Waals surface area (Å²) in [5, 5.41) is 21.8. The highest BCUT2D eigenvalue weighted by Crippen LogP contribution is 2.33. The van der Waals surface area contributed by atoms with Gasteiger partial charge >= 0.3 is 0 Å². The van der Waals surface area contributed by atoms with Gasteiger partial charge in [-0.2, -0.15) is 0 Å². The molecule has 1 aromatic rings. The first kappa shape index (κ1) is 29.9. The number of hydrogen-bond acceptors (Lipinski definition) is 4. The van der Waals surface area contributed by atoms with Gasteiger partial charge in [0, 0.05) is 31.1 Å². The van der Waals surface area contributed by atoms with E-state index in [2.05, 4.69) is 10.6 Å². The van der Waals surface area contributed by atoms with E-state index in [1.807, 2.05) is 29.2 Å². The van der Waals surface area contributed by atoms with Crippen LogP contribution >= 0.6 is 0 Å². The van der Waals surface area contributed by atoms with Crippen molar-refractivity contribution in [1.82, 2.24) is 15.5 Å². The van der Waals surface area contributed by atoms with Gasteiger partial charge in [0.2, 0.25) is 11.8 Å². The number of nitrogens with one attached hydrogen (secondary N) is 4. The van der Waals surface area contributed by atoms with Crippen molar-refractivity contribution in [3.05, 3.63) is 35.4 Å². The number of benzene rings is 1. The molecule has 1 aromatic carbocycles. The fraction of sp³-hybridized carbons (Fsp3) is 0.677. The van der Waals surface area contributed by atoms with Gasteiger partial charge in [-0.1, -0.05) is 62.8 Å². The van der Waals surface area contributed by atoms with E-state index >= 15 is 0 Å². The predicted molar refractivity (Wildman–Crippen MR) is 159 cm³/mol. The molecule has 2 saturated carbocycles.